The quantitative estimate of drug-likeness (QED) is 0.0373. The van der Waals surface area contributed by atoms with E-state index in [2.05, 4.69) is 74.6 Å². The molecule has 71 heavy (non-hydrogen) atoms. The molecule has 0 rings (SSSR count). The van der Waals surface area contributed by atoms with Gasteiger partial charge in [0.05, 0.1) is 6.61 Å². The molecule has 0 spiro atoms. The van der Waals surface area contributed by atoms with Gasteiger partial charge in [-0.15, -0.1) is 0 Å². The molecule has 5 nitrogen and oxygen atoms in total. The largest absolute Gasteiger partial charge is 0.462 e. The summed E-state index contributed by atoms with van der Waals surface area (Å²) in [6.07, 6.45) is 83.8. The van der Waals surface area contributed by atoms with E-state index in [-0.39, 0.29) is 25.2 Å². The second kappa shape index (κ2) is 61.9. The number of esters is 2. The summed E-state index contributed by atoms with van der Waals surface area (Å²) in [5, 5.41) is 9.65. The first kappa shape index (κ1) is 68.6. The molecule has 0 aromatic rings. The molecule has 0 fully saturated rings. The lowest BCUT2D eigenvalue weighted by Gasteiger charge is -2.15. The van der Waals surface area contributed by atoms with E-state index < -0.39 is 6.10 Å². The molecule has 1 atom stereocenters. The number of hydrogen-bond donors (Lipinski definition) is 1. The zero-order valence-corrected chi connectivity index (χ0v) is 47.5. The van der Waals surface area contributed by atoms with Gasteiger partial charge >= 0.3 is 11.9 Å². The van der Waals surface area contributed by atoms with Crippen LogP contribution in [0.5, 0.6) is 0 Å². The number of carbonyl (C=O) groups excluding carboxylic acids is 2. The van der Waals surface area contributed by atoms with E-state index in [9.17, 15) is 14.7 Å². The lowest BCUT2D eigenvalue weighted by atomic mass is 10.0. The summed E-state index contributed by atoms with van der Waals surface area (Å²) in [6.45, 7) is 4.07. The molecule has 0 aliphatic rings. The molecule has 0 saturated heterocycles. The van der Waals surface area contributed by atoms with Gasteiger partial charge in [-0.1, -0.05) is 319 Å². The minimum Gasteiger partial charge on any atom is -0.462 e. The average Bonchev–Trinajstić information content (AvgIpc) is 3.37. The summed E-state index contributed by atoms with van der Waals surface area (Å²) < 4.78 is 10.7. The Morgan fingerprint density at radius 3 is 0.915 bits per heavy atom. The zero-order chi connectivity index (χ0) is 51.3. The summed E-state index contributed by atoms with van der Waals surface area (Å²) in [7, 11) is 0. The predicted molar refractivity (Wildman–Crippen MR) is 311 cm³/mol. The lowest BCUT2D eigenvalue weighted by molar-refractivity contribution is -0.161. The summed E-state index contributed by atoms with van der Waals surface area (Å²) in [6, 6.07) is 0. The Morgan fingerprint density at radius 1 is 0.338 bits per heavy atom. The highest BCUT2D eigenvalue weighted by Crippen LogP contribution is 2.18. The Kier molecular flexibility index (Phi) is 59.8. The highest BCUT2D eigenvalue weighted by molar-refractivity contribution is 5.70. The molecule has 0 heterocycles. The molecule has 0 aromatic heterocycles. The molecular weight excluding hydrogens is 873 g/mol. The number of rotatable bonds is 58. The third-order valence-corrected chi connectivity index (χ3v) is 14.1. The Morgan fingerprint density at radius 2 is 0.606 bits per heavy atom. The zero-order valence-electron chi connectivity index (χ0n) is 47.5. The Bertz CT molecular complexity index is 1210. The maximum absolute atomic E-state index is 12.3. The molecule has 0 bridgehead atoms. The van der Waals surface area contributed by atoms with Crippen molar-refractivity contribution in [2.45, 2.75) is 335 Å². The van der Waals surface area contributed by atoms with Crippen LogP contribution in [-0.4, -0.2) is 36.4 Å². The van der Waals surface area contributed by atoms with Crippen molar-refractivity contribution >= 4 is 11.9 Å². The lowest BCUT2D eigenvalue weighted by Crippen LogP contribution is -2.28. The Hall–Kier alpha value is -2.40. The number of hydrogen-bond acceptors (Lipinski definition) is 5. The second-order valence-electron chi connectivity index (χ2n) is 21.1. The van der Waals surface area contributed by atoms with Crippen molar-refractivity contribution < 1.29 is 24.2 Å². The van der Waals surface area contributed by atoms with E-state index in [1.54, 1.807) is 0 Å². The number of allylic oxidation sites excluding steroid dienone is 10. The normalized spacial score (nSPS) is 12.5. The van der Waals surface area contributed by atoms with Crippen molar-refractivity contribution in [3.05, 3.63) is 60.8 Å². The summed E-state index contributed by atoms with van der Waals surface area (Å²) in [5.41, 5.74) is 0. The highest BCUT2D eigenvalue weighted by Gasteiger charge is 2.16. The number of carbonyl (C=O) groups is 2. The standard InChI is InChI=1S/C66H120O5/c1-3-5-7-9-11-13-15-17-19-21-22-23-24-25-26-27-28-29-30-31-32-33-34-35-36-37-38-39-40-41-42-43-44-45-47-49-51-53-55-57-59-61-66(69)71-64(62-67)63-70-65(68)60-58-56-54-52-50-48-46-20-18-16-14-12-10-8-6-4-2/h5,7,11,13,17,19,22-23,25-26,64,67H,3-4,6,8-10,12,14-16,18,20-21,24,27-63H2,1-2H3/b7-5-,13-11-,19-17-,23-22-,26-25-. The van der Waals surface area contributed by atoms with Gasteiger partial charge in [0.1, 0.15) is 6.61 Å². The maximum atomic E-state index is 12.3. The van der Waals surface area contributed by atoms with Crippen molar-refractivity contribution in [3.8, 4) is 0 Å². The van der Waals surface area contributed by atoms with Gasteiger partial charge in [-0.25, -0.2) is 0 Å². The average molecular weight is 994 g/mol. The van der Waals surface area contributed by atoms with Crippen molar-refractivity contribution in [2.24, 2.45) is 0 Å². The molecule has 0 radical (unpaired) electrons. The topological polar surface area (TPSA) is 72.8 Å². The monoisotopic (exact) mass is 993 g/mol. The number of ether oxygens (including phenoxy) is 2. The summed E-state index contributed by atoms with van der Waals surface area (Å²) >= 11 is 0. The summed E-state index contributed by atoms with van der Waals surface area (Å²) in [4.78, 5) is 24.5. The van der Waals surface area contributed by atoms with Gasteiger partial charge in [0.2, 0.25) is 0 Å². The smallest absolute Gasteiger partial charge is 0.306 e. The van der Waals surface area contributed by atoms with Crippen LogP contribution in [0.2, 0.25) is 0 Å². The van der Waals surface area contributed by atoms with Crippen LogP contribution in [0.15, 0.2) is 60.8 Å². The van der Waals surface area contributed by atoms with E-state index in [1.807, 2.05) is 0 Å². The first-order valence-electron chi connectivity index (χ1n) is 31.3. The van der Waals surface area contributed by atoms with Crippen LogP contribution < -0.4 is 0 Å². The van der Waals surface area contributed by atoms with Gasteiger partial charge in [-0.05, 0) is 57.8 Å². The molecule has 1 N–H and O–H groups in total. The van der Waals surface area contributed by atoms with Gasteiger partial charge in [-0.2, -0.15) is 0 Å². The predicted octanol–water partition coefficient (Wildman–Crippen LogP) is 21.4. The fourth-order valence-corrected chi connectivity index (χ4v) is 9.41. The van der Waals surface area contributed by atoms with Gasteiger partial charge in [0, 0.05) is 12.8 Å². The van der Waals surface area contributed by atoms with Gasteiger partial charge in [-0.3, -0.25) is 9.59 Å². The van der Waals surface area contributed by atoms with E-state index in [1.165, 1.54) is 238 Å². The Balaban J connectivity index is 3.38. The van der Waals surface area contributed by atoms with E-state index >= 15 is 0 Å². The van der Waals surface area contributed by atoms with Gasteiger partial charge in [0.15, 0.2) is 6.10 Å². The fraction of sp³-hybridized carbons (Fsp3) is 0.818. The molecule has 5 heteroatoms. The second-order valence-corrected chi connectivity index (χ2v) is 21.1. The molecule has 0 aliphatic heterocycles. The number of aliphatic hydroxyl groups excluding tert-OH is 1. The van der Waals surface area contributed by atoms with Crippen LogP contribution in [0, 0.1) is 0 Å². The van der Waals surface area contributed by atoms with Gasteiger partial charge in [0.25, 0.3) is 0 Å². The van der Waals surface area contributed by atoms with Crippen LogP contribution in [-0.2, 0) is 19.1 Å². The molecule has 1 unspecified atom stereocenters. The van der Waals surface area contributed by atoms with Gasteiger partial charge < -0.3 is 14.6 Å². The number of aliphatic hydroxyl groups is 1. The van der Waals surface area contributed by atoms with Crippen LogP contribution in [0.25, 0.3) is 0 Å². The van der Waals surface area contributed by atoms with E-state index in [0.29, 0.717) is 12.8 Å². The van der Waals surface area contributed by atoms with Crippen LogP contribution in [0.4, 0.5) is 0 Å². The molecule has 414 valence electrons. The maximum Gasteiger partial charge on any atom is 0.306 e. The SMILES string of the molecule is CC/C=C\C/C=C\C/C=C\C/C=C\C/C=C\CCCCCCCCCCCCCCCCCCCCCCCCCCCC(=O)OC(CO)COC(=O)CCCCCCCCCCCCCCCCCC. The third-order valence-electron chi connectivity index (χ3n) is 14.1. The van der Waals surface area contributed by atoms with Crippen LogP contribution >= 0.6 is 0 Å². The summed E-state index contributed by atoms with van der Waals surface area (Å²) in [5.74, 6) is -0.570. The molecule has 0 aliphatic carbocycles. The van der Waals surface area contributed by atoms with E-state index in [4.69, 9.17) is 9.47 Å². The minimum absolute atomic E-state index is 0.0594. The van der Waals surface area contributed by atoms with Crippen LogP contribution in [0.3, 0.4) is 0 Å². The molecule has 0 saturated carbocycles. The van der Waals surface area contributed by atoms with Crippen molar-refractivity contribution in [3.63, 3.8) is 0 Å². The van der Waals surface area contributed by atoms with Crippen LogP contribution in [0.1, 0.15) is 328 Å². The first-order valence-corrected chi connectivity index (χ1v) is 31.3. The van der Waals surface area contributed by atoms with Crippen molar-refractivity contribution in [2.75, 3.05) is 13.2 Å². The number of unbranched alkanes of at least 4 members (excludes halogenated alkanes) is 40. The molecular formula is C66H120O5. The third kappa shape index (κ3) is 60.1. The first-order chi connectivity index (χ1) is 35.1. The van der Waals surface area contributed by atoms with E-state index in [0.717, 1.165) is 64.2 Å². The molecule has 0 aromatic carbocycles. The van der Waals surface area contributed by atoms with Crippen molar-refractivity contribution in [1.29, 1.82) is 0 Å². The highest BCUT2D eigenvalue weighted by atomic mass is 16.6. The fourth-order valence-electron chi connectivity index (χ4n) is 9.41. The van der Waals surface area contributed by atoms with Crippen molar-refractivity contribution in [1.82, 2.24) is 0 Å². The Labute approximate surface area is 442 Å². The molecule has 0 amide bonds. The minimum atomic E-state index is -0.768.